The summed E-state index contributed by atoms with van der Waals surface area (Å²) in [6, 6.07) is -1.12. The van der Waals surface area contributed by atoms with Crippen molar-refractivity contribution in [2.75, 3.05) is 40.3 Å². The molecule has 4 heterocycles. The van der Waals surface area contributed by atoms with Crippen LogP contribution in [0.4, 0.5) is 9.18 Å². The highest BCUT2D eigenvalue weighted by atomic mass is 19.1. The van der Waals surface area contributed by atoms with Gasteiger partial charge >= 0.3 is 6.09 Å². The Morgan fingerprint density at radius 3 is 2.57 bits per heavy atom. The van der Waals surface area contributed by atoms with Crippen LogP contribution in [0.3, 0.4) is 0 Å². The molecule has 11 nitrogen and oxygen atoms in total. The van der Waals surface area contributed by atoms with Crippen LogP contribution in [0.15, 0.2) is 11.8 Å². The number of hydrogen-bond acceptors (Lipinski definition) is 9. The first-order valence-corrected chi connectivity index (χ1v) is 19.0. The lowest BCUT2D eigenvalue weighted by Gasteiger charge is -2.61. The number of carbonyl (C=O) groups excluding carboxylic acids is 3. The zero-order valence-electron chi connectivity index (χ0n) is 30.1. The minimum absolute atomic E-state index is 0.0434. The normalized spacial score (nSPS) is 40.2. The summed E-state index contributed by atoms with van der Waals surface area (Å²) < 4.78 is 35.9. The highest BCUT2D eigenvalue weighted by Crippen LogP contribution is 2.53. The molecule has 7 rings (SSSR count). The molecule has 2 amide bonds. The number of amides is 2. The number of Topliss-reactive ketones (excluding diaryl/α,β-unsaturated/α-hetero) is 1. The zero-order valence-corrected chi connectivity index (χ0v) is 30.1. The maximum absolute atomic E-state index is 16.6. The van der Waals surface area contributed by atoms with Gasteiger partial charge in [-0.1, -0.05) is 12.8 Å². The smallest absolute Gasteiger partial charge is 0.407 e. The number of fused-ring (bicyclic) bond motifs is 5. The van der Waals surface area contributed by atoms with Gasteiger partial charge < -0.3 is 34.6 Å². The maximum atomic E-state index is 16.6. The molecule has 3 aliphatic carbocycles. The van der Waals surface area contributed by atoms with Gasteiger partial charge in [-0.25, -0.2) is 9.18 Å². The van der Waals surface area contributed by atoms with Crippen LogP contribution >= 0.6 is 0 Å². The van der Waals surface area contributed by atoms with Crippen molar-refractivity contribution in [2.45, 2.75) is 145 Å². The number of nitrogens with zero attached hydrogens (tertiary/aromatic N) is 3. The molecule has 4 aliphatic heterocycles. The first-order valence-electron chi connectivity index (χ1n) is 19.0. The second-order valence-corrected chi connectivity index (χ2v) is 17.1. The number of alkyl carbamates (subject to hydrolysis) is 1. The number of morpholine rings is 1. The van der Waals surface area contributed by atoms with Gasteiger partial charge in [-0.2, -0.15) is 0 Å². The number of ether oxygens (including phenoxy) is 3. The van der Waals surface area contributed by atoms with Crippen LogP contribution in [0.5, 0.6) is 0 Å². The number of nitrogens with one attached hydrogen (secondary N) is 2. The van der Waals surface area contributed by atoms with Crippen LogP contribution in [-0.4, -0.2) is 133 Å². The van der Waals surface area contributed by atoms with Gasteiger partial charge in [0.2, 0.25) is 0 Å². The topological polar surface area (TPSA) is 113 Å². The lowest BCUT2D eigenvalue weighted by atomic mass is 9.67. The average molecular weight is 688 g/mol. The Hall–Kier alpha value is -2.28. The predicted molar refractivity (Wildman–Crippen MR) is 181 cm³/mol. The molecule has 2 N–H and O–H groups in total. The van der Waals surface area contributed by atoms with E-state index in [4.69, 9.17) is 14.2 Å². The van der Waals surface area contributed by atoms with Crippen LogP contribution in [0.1, 0.15) is 85.0 Å². The number of unbranched alkanes of at least 4 members (excludes halogenated alkanes) is 1. The number of halogens is 1. The molecule has 3 saturated carbocycles. The van der Waals surface area contributed by atoms with Crippen molar-refractivity contribution in [3.8, 4) is 0 Å². The third kappa shape index (κ3) is 7.13. The van der Waals surface area contributed by atoms with Crippen molar-refractivity contribution in [2.24, 2.45) is 17.8 Å². The second-order valence-electron chi connectivity index (χ2n) is 17.1. The van der Waals surface area contributed by atoms with Gasteiger partial charge in [-0.15, -0.1) is 0 Å². The summed E-state index contributed by atoms with van der Waals surface area (Å²) >= 11 is 0. The summed E-state index contributed by atoms with van der Waals surface area (Å²) in [6.07, 6.45) is 8.65. The van der Waals surface area contributed by atoms with Gasteiger partial charge in [0.1, 0.15) is 11.8 Å². The van der Waals surface area contributed by atoms with E-state index in [1.165, 1.54) is 19.3 Å². The molecule has 6 fully saturated rings. The van der Waals surface area contributed by atoms with Crippen molar-refractivity contribution in [3.63, 3.8) is 0 Å². The van der Waals surface area contributed by atoms with Gasteiger partial charge in [-0.3, -0.25) is 14.5 Å². The predicted octanol–water partition coefficient (Wildman–Crippen LogP) is 3.41. The molecule has 0 spiro atoms. The minimum Gasteiger partial charge on any atom is -0.444 e. The molecule has 0 radical (unpaired) electrons. The first kappa shape index (κ1) is 35.1. The van der Waals surface area contributed by atoms with Crippen LogP contribution in [0.2, 0.25) is 0 Å². The fourth-order valence-electron chi connectivity index (χ4n) is 10.3. The maximum Gasteiger partial charge on any atom is 0.407 e. The van der Waals surface area contributed by atoms with Gasteiger partial charge in [-0.05, 0) is 105 Å². The van der Waals surface area contributed by atoms with E-state index < -0.39 is 35.9 Å². The lowest BCUT2D eigenvalue weighted by molar-refractivity contribution is -0.220. The molecule has 0 bridgehead atoms. The minimum atomic E-state index is -1.31. The molecular formula is C37H58FN5O6. The molecule has 12 unspecified atom stereocenters. The molecule has 7 aliphatic rings. The molecule has 49 heavy (non-hydrogen) atoms. The Morgan fingerprint density at radius 2 is 1.80 bits per heavy atom. The van der Waals surface area contributed by atoms with Crippen LogP contribution in [0, 0.1) is 17.8 Å². The van der Waals surface area contributed by atoms with Gasteiger partial charge in [0.15, 0.2) is 5.78 Å². The van der Waals surface area contributed by atoms with Crippen LogP contribution in [0.25, 0.3) is 0 Å². The molecule has 274 valence electrons. The molecule has 0 aromatic rings. The fraction of sp³-hybridized carbons (Fsp3) is 0.865. The highest BCUT2D eigenvalue weighted by Gasteiger charge is 2.62. The third-order valence-corrected chi connectivity index (χ3v) is 12.3. The highest BCUT2D eigenvalue weighted by molar-refractivity contribution is 6.20. The van der Waals surface area contributed by atoms with Crippen molar-refractivity contribution >= 4 is 17.8 Å². The Morgan fingerprint density at radius 1 is 1.00 bits per heavy atom. The van der Waals surface area contributed by atoms with E-state index in [1.54, 1.807) is 6.20 Å². The number of hydrogen-bond donors (Lipinski definition) is 2. The second kappa shape index (κ2) is 14.0. The molecule has 0 aromatic carbocycles. The van der Waals surface area contributed by atoms with Crippen molar-refractivity contribution in [1.29, 1.82) is 0 Å². The number of carbonyl (C=O) groups is 3. The number of rotatable bonds is 8. The Labute approximate surface area is 291 Å². The van der Waals surface area contributed by atoms with E-state index in [0.717, 1.165) is 38.6 Å². The SMILES string of the molecule is CN(C)CCCCNC(=O)C1=CN2C3CC4OC5CCCCC5C4CC3OC3C(N4CCC(NC(=O)OC(C)(C)C)C4)C(F)CC(C1=O)C32. The number of likely N-dealkylation sites (tertiary alicyclic amines) is 1. The van der Waals surface area contributed by atoms with Gasteiger partial charge in [0, 0.05) is 37.8 Å². The summed E-state index contributed by atoms with van der Waals surface area (Å²) in [5.74, 6) is -0.354. The standard InChI is InChI=1S/C37H58FN5O6/c1-37(2,3)49-36(46)40-21-12-15-42(19-21)32-26(38)16-24-31-34(32)48-30-17-23-22-10-6-7-11-28(22)47-29(23)18-27(30)43(31)20-25(33(24)44)35(45)39-13-8-9-14-41(4)5/h20-24,26-32,34H,6-19H2,1-5H3,(H,39,45)(H,40,46). The summed E-state index contributed by atoms with van der Waals surface area (Å²) in [7, 11) is 4.05. The van der Waals surface area contributed by atoms with E-state index in [-0.39, 0.29) is 54.0 Å². The Balaban J connectivity index is 1.13. The molecular weight excluding hydrogens is 629 g/mol. The lowest BCUT2D eigenvalue weighted by Crippen LogP contribution is -2.73. The third-order valence-electron chi connectivity index (χ3n) is 12.3. The average Bonchev–Trinajstić information content (AvgIpc) is 3.63. The molecule has 12 atom stereocenters. The number of alkyl halides is 1. The van der Waals surface area contributed by atoms with E-state index in [2.05, 4.69) is 25.3 Å². The summed E-state index contributed by atoms with van der Waals surface area (Å²) in [5, 5.41) is 5.97. The molecule has 3 saturated heterocycles. The Bertz CT molecular complexity index is 1290. The van der Waals surface area contributed by atoms with E-state index in [0.29, 0.717) is 44.0 Å². The van der Waals surface area contributed by atoms with Crippen molar-refractivity contribution in [1.82, 2.24) is 25.3 Å². The summed E-state index contributed by atoms with van der Waals surface area (Å²) in [4.78, 5) is 46.7. The largest absolute Gasteiger partial charge is 0.444 e. The van der Waals surface area contributed by atoms with E-state index in [9.17, 15) is 14.4 Å². The summed E-state index contributed by atoms with van der Waals surface area (Å²) in [5.41, 5.74) is -0.463. The first-order chi connectivity index (χ1) is 23.4. The van der Waals surface area contributed by atoms with Gasteiger partial charge in [0.25, 0.3) is 5.91 Å². The monoisotopic (exact) mass is 687 g/mol. The summed E-state index contributed by atoms with van der Waals surface area (Å²) in [6.45, 7) is 8.03. The number of ketones is 1. The van der Waals surface area contributed by atoms with E-state index >= 15 is 4.39 Å². The van der Waals surface area contributed by atoms with Crippen LogP contribution in [-0.2, 0) is 23.8 Å². The van der Waals surface area contributed by atoms with E-state index in [1.807, 2.05) is 34.9 Å². The van der Waals surface area contributed by atoms with Gasteiger partial charge in [0.05, 0.1) is 48.1 Å². The Kier molecular flexibility index (Phi) is 10.1. The quantitative estimate of drug-likeness (QED) is 0.293. The zero-order chi connectivity index (χ0) is 34.6. The van der Waals surface area contributed by atoms with Crippen LogP contribution < -0.4 is 10.6 Å². The molecule has 0 aromatic heterocycles. The fourth-order valence-corrected chi connectivity index (χ4v) is 10.3. The van der Waals surface area contributed by atoms with Crippen molar-refractivity contribution < 1.29 is 33.0 Å². The van der Waals surface area contributed by atoms with Crippen molar-refractivity contribution in [3.05, 3.63) is 11.8 Å². The molecule has 12 heteroatoms.